The number of carbonyl (C=O) groups excluding carboxylic acids is 1. The van der Waals surface area contributed by atoms with Crippen LogP contribution in [0, 0.1) is 0 Å². The predicted octanol–water partition coefficient (Wildman–Crippen LogP) is 4.53. The molecule has 29 heavy (non-hydrogen) atoms. The Hall–Kier alpha value is -3.29. The number of halogens is 3. The number of methoxy groups -OCH3 is 1. The second kappa shape index (κ2) is 8.38. The second-order valence-corrected chi connectivity index (χ2v) is 6.31. The highest BCUT2D eigenvalue weighted by Crippen LogP contribution is 2.31. The molecule has 1 N–H and O–H groups in total. The minimum Gasteiger partial charge on any atom is -0.496 e. The summed E-state index contributed by atoms with van der Waals surface area (Å²) >= 11 is 0. The maximum absolute atomic E-state index is 12.8. The number of para-hydroxylation sites is 1. The van der Waals surface area contributed by atoms with E-state index in [0.717, 1.165) is 17.7 Å². The van der Waals surface area contributed by atoms with Crippen LogP contribution in [-0.4, -0.2) is 22.8 Å². The van der Waals surface area contributed by atoms with E-state index in [1.54, 1.807) is 17.9 Å². The minimum absolute atomic E-state index is 0.0360. The van der Waals surface area contributed by atoms with Crippen molar-refractivity contribution in [3.63, 3.8) is 0 Å². The SMILES string of the molecule is CCn1nc(C(=O)NCc2cccc(C(F)(F)F)c2)cc1-c1ccccc1OC. The number of amides is 1. The lowest BCUT2D eigenvalue weighted by Gasteiger charge is -2.09. The zero-order chi connectivity index (χ0) is 21.0. The number of aryl methyl sites for hydroxylation is 1. The van der Waals surface area contributed by atoms with Crippen molar-refractivity contribution in [3.05, 3.63) is 71.4 Å². The third-order valence-corrected chi connectivity index (χ3v) is 4.40. The summed E-state index contributed by atoms with van der Waals surface area (Å²) in [5, 5.41) is 6.94. The molecule has 152 valence electrons. The molecule has 2 aromatic carbocycles. The van der Waals surface area contributed by atoms with Gasteiger partial charge in [-0.2, -0.15) is 18.3 Å². The highest BCUT2D eigenvalue weighted by Gasteiger charge is 2.30. The van der Waals surface area contributed by atoms with Crippen molar-refractivity contribution in [2.45, 2.75) is 26.2 Å². The van der Waals surface area contributed by atoms with Crippen molar-refractivity contribution in [3.8, 4) is 17.0 Å². The van der Waals surface area contributed by atoms with Crippen LogP contribution < -0.4 is 10.1 Å². The van der Waals surface area contributed by atoms with Crippen LogP contribution in [0.3, 0.4) is 0 Å². The molecular formula is C21H20F3N3O2. The summed E-state index contributed by atoms with van der Waals surface area (Å²) in [5.74, 6) is 0.184. The van der Waals surface area contributed by atoms with Crippen molar-refractivity contribution in [1.29, 1.82) is 0 Å². The Morgan fingerprint density at radius 3 is 2.59 bits per heavy atom. The summed E-state index contributed by atoms with van der Waals surface area (Å²) < 4.78 is 45.5. The van der Waals surface area contributed by atoms with Gasteiger partial charge in [-0.15, -0.1) is 0 Å². The molecule has 1 aromatic heterocycles. The molecule has 0 spiro atoms. The van der Waals surface area contributed by atoms with Gasteiger partial charge >= 0.3 is 6.18 Å². The lowest BCUT2D eigenvalue weighted by molar-refractivity contribution is -0.137. The molecule has 5 nitrogen and oxygen atoms in total. The number of hydrogen-bond donors (Lipinski definition) is 1. The molecule has 1 amide bonds. The Kier molecular flexibility index (Phi) is 5.91. The summed E-state index contributed by atoms with van der Waals surface area (Å²) in [5.41, 5.74) is 1.29. The molecule has 1 heterocycles. The van der Waals surface area contributed by atoms with E-state index < -0.39 is 17.6 Å². The predicted molar refractivity (Wildman–Crippen MR) is 103 cm³/mol. The van der Waals surface area contributed by atoms with Gasteiger partial charge in [0, 0.05) is 18.7 Å². The number of benzene rings is 2. The van der Waals surface area contributed by atoms with Gasteiger partial charge in [-0.25, -0.2) is 0 Å². The molecule has 0 fully saturated rings. The van der Waals surface area contributed by atoms with E-state index in [0.29, 0.717) is 23.6 Å². The molecule has 0 aliphatic rings. The zero-order valence-electron chi connectivity index (χ0n) is 16.0. The van der Waals surface area contributed by atoms with E-state index in [1.807, 2.05) is 31.2 Å². The molecule has 0 bridgehead atoms. The molecule has 0 saturated heterocycles. The average molecular weight is 403 g/mol. The van der Waals surface area contributed by atoms with E-state index >= 15 is 0 Å². The van der Waals surface area contributed by atoms with Crippen molar-refractivity contribution < 1.29 is 22.7 Å². The zero-order valence-corrected chi connectivity index (χ0v) is 16.0. The van der Waals surface area contributed by atoms with Crippen LogP contribution in [0.4, 0.5) is 13.2 Å². The first-order valence-corrected chi connectivity index (χ1v) is 8.99. The summed E-state index contributed by atoms with van der Waals surface area (Å²) in [4.78, 5) is 12.5. The highest BCUT2D eigenvalue weighted by molar-refractivity contribution is 5.93. The lowest BCUT2D eigenvalue weighted by Crippen LogP contribution is -2.23. The number of rotatable bonds is 6. The first kappa shape index (κ1) is 20.4. The van der Waals surface area contributed by atoms with Crippen LogP contribution in [0.5, 0.6) is 5.75 Å². The van der Waals surface area contributed by atoms with Gasteiger partial charge in [0.1, 0.15) is 5.75 Å². The third kappa shape index (κ3) is 4.59. The Morgan fingerprint density at radius 2 is 1.90 bits per heavy atom. The van der Waals surface area contributed by atoms with E-state index in [1.165, 1.54) is 12.1 Å². The molecule has 0 radical (unpaired) electrons. The van der Waals surface area contributed by atoms with Crippen molar-refractivity contribution in [1.82, 2.24) is 15.1 Å². The molecule has 0 unspecified atom stereocenters. The lowest BCUT2D eigenvalue weighted by atomic mass is 10.1. The Labute approximate surface area is 166 Å². The van der Waals surface area contributed by atoms with Crippen LogP contribution in [0.2, 0.25) is 0 Å². The quantitative estimate of drug-likeness (QED) is 0.658. The van der Waals surface area contributed by atoms with Gasteiger partial charge < -0.3 is 10.1 Å². The Bertz CT molecular complexity index is 1010. The van der Waals surface area contributed by atoms with E-state index in [-0.39, 0.29) is 12.2 Å². The maximum atomic E-state index is 12.8. The maximum Gasteiger partial charge on any atom is 0.416 e. The van der Waals surface area contributed by atoms with E-state index in [2.05, 4.69) is 10.4 Å². The summed E-state index contributed by atoms with van der Waals surface area (Å²) in [7, 11) is 1.56. The summed E-state index contributed by atoms with van der Waals surface area (Å²) in [6.07, 6.45) is -4.43. The van der Waals surface area contributed by atoms with Crippen LogP contribution in [0.15, 0.2) is 54.6 Å². The van der Waals surface area contributed by atoms with E-state index in [9.17, 15) is 18.0 Å². The van der Waals surface area contributed by atoms with Gasteiger partial charge in [-0.3, -0.25) is 9.48 Å². The third-order valence-electron chi connectivity index (χ3n) is 4.40. The normalized spacial score (nSPS) is 11.3. The number of ether oxygens (including phenoxy) is 1. The molecule has 0 aliphatic heterocycles. The van der Waals surface area contributed by atoms with Gasteiger partial charge in [-0.05, 0) is 42.8 Å². The number of nitrogens with zero attached hydrogens (tertiary/aromatic N) is 2. The van der Waals surface area contributed by atoms with Gasteiger partial charge in [0.05, 0.1) is 18.4 Å². The monoisotopic (exact) mass is 403 g/mol. The molecule has 0 aliphatic carbocycles. The molecule has 8 heteroatoms. The second-order valence-electron chi connectivity index (χ2n) is 6.31. The van der Waals surface area contributed by atoms with Crippen LogP contribution >= 0.6 is 0 Å². The number of carbonyl (C=O) groups is 1. The fraction of sp³-hybridized carbons (Fsp3) is 0.238. The Balaban J connectivity index is 1.80. The topological polar surface area (TPSA) is 56.2 Å². The molecular weight excluding hydrogens is 383 g/mol. The highest BCUT2D eigenvalue weighted by atomic mass is 19.4. The first-order valence-electron chi connectivity index (χ1n) is 8.99. The average Bonchev–Trinajstić information content (AvgIpc) is 3.16. The number of nitrogens with one attached hydrogen (secondary N) is 1. The van der Waals surface area contributed by atoms with Crippen LogP contribution in [-0.2, 0) is 19.3 Å². The van der Waals surface area contributed by atoms with Crippen molar-refractivity contribution in [2.75, 3.05) is 7.11 Å². The number of hydrogen-bond acceptors (Lipinski definition) is 3. The van der Waals surface area contributed by atoms with Crippen LogP contribution in [0.1, 0.15) is 28.5 Å². The Morgan fingerprint density at radius 1 is 1.14 bits per heavy atom. The molecule has 3 aromatic rings. The van der Waals surface area contributed by atoms with Crippen LogP contribution in [0.25, 0.3) is 11.3 Å². The number of alkyl halides is 3. The van der Waals surface area contributed by atoms with Gasteiger partial charge in [0.25, 0.3) is 5.91 Å². The summed E-state index contributed by atoms with van der Waals surface area (Å²) in [6, 6.07) is 13.9. The molecule has 0 atom stereocenters. The van der Waals surface area contributed by atoms with Gasteiger partial charge in [0.2, 0.25) is 0 Å². The largest absolute Gasteiger partial charge is 0.496 e. The first-order chi connectivity index (χ1) is 13.8. The molecule has 3 rings (SSSR count). The minimum atomic E-state index is -4.43. The molecule has 0 saturated carbocycles. The fourth-order valence-electron chi connectivity index (χ4n) is 2.97. The summed E-state index contributed by atoms with van der Waals surface area (Å²) in [6.45, 7) is 2.40. The van der Waals surface area contributed by atoms with Crippen molar-refractivity contribution >= 4 is 5.91 Å². The standard InChI is InChI=1S/C21H20F3N3O2/c1-3-27-18(16-9-4-5-10-19(16)29-2)12-17(26-27)20(28)25-13-14-7-6-8-15(11-14)21(22,23)24/h4-12H,3,13H2,1-2H3,(H,25,28). The van der Waals surface area contributed by atoms with Gasteiger partial charge in [-0.1, -0.05) is 24.3 Å². The number of aromatic nitrogens is 2. The van der Waals surface area contributed by atoms with E-state index in [4.69, 9.17) is 4.74 Å². The fourth-order valence-corrected chi connectivity index (χ4v) is 2.97. The smallest absolute Gasteiger partial charge is 0.416 e. The van der Waals surface area contributed by atoms with Gasteiger partial charge in [0.15, 0.2) is 5.69 Å². The van der Waals surface area contributed by atoms with Crippen molar-refractivity contribution in [2.24, 2.45) is 0 Å².